The van der Waals surface area contributed by atoms with Gasteiger partial charge in [-0.1, -0.05) is 0 Å². The standard InChI is InChI=1S/C11H12BrF2N/c12-8-3-4-9(13)10(11(8)14)7-2-1-5-15-6-7/h3-4,7,15H,1-2,5-6H2/i5D,6D. The SMILES string of the molecule is [2H]C1CCC(c2c(F)ccc(Br)c2F)C([2H])N1. The van der Waals surface area contributed by atoms with Crippen LogP contribution in [0, 0.1) is 11.6 Å². The molecule has 1 aliphatic rings. The third-order valence-electron chi connectivity index (χ3n) is 2.49. The predicted octanol–water partition coefficient (Wildman–Crippen LogP) is 3.19. The summed E-state index contributed by atoms with van der Waals surface area (Å²) < 4.78 is 43.0. The van der Waals surface area contributed by atoms with Crippen molar-refractivity contribution >= 4 is 15.9 Å². The quantitative estimate of drug-likeness (QED) is 0.778. The summed E-state index contributed by atoms with van der Waals surface area (Å²) in [5, 5.41) is 2.69. The maximum Gasteiger partial charge on any atom is 0.143 e. The fourth-order valence-electron chi connectivity index (χ4n) is 1.72. The van der Waals surface area contributed by atoms with E-state index in [1.54, 1.807) is 0 Å². The summed E-state index contributed by atoms with van der Waals surface area (Å²) in [6, 6.07) is 2.51. The van der Waals surface area contributed by atoms with E-state index in [0.29, 0.717) is 12.8 Å². The molecular weight excluding hydrogens is 264 g/mol. The second-order valence-corrected chi connectivity index (χ2v) is 4.33. The molecule has 1 nitrogen and oxygen atoms in total. The van der Waals surface area contributed by atoms with Gasteiger partial charge in [0, 0.05) is 20.7 Å². The molecule has 1 aromatic carbocycles. The van der Waals surface area contributed by atoms with Crippen LogP contribution in [0.15, 0.2) is 16.6 Å². The lowest BCUT2D eigenvalue weighted by atomic mass is 9.91. The lowest BCUT2D eigenvalue weighted by molar-refractivity contribution is 0.427. The molecule has 0 amide bonds. The number of benzene rings is 1. The van der Waals surface area contributed by atoms with Crippen LogP contribution in [0.1, 0.15) is 27.1 Å². The summed E-state index contributed by atoms with van der Waals surface area (Å²) in [5.74, 6) is -1.82. The Morgan fingerprint density at radius 3 is 3.00 bits per heavy atom. The highest BCUT2D eigenvalue weighted by molar-refractivity contribution is 9.10. The van der Waals surface area contributed by atoms with E-state index >= 15 is 0 Å². The summed E-state index contributed by atoms with van der Waals surface area (Å²) in [6.07, 6.45) is 0.936. The Hall–Kier alpha value is -0.480. The molecule has 1 fully saturated rings. The van der Waals surface area contributed by atoms with Crippen LogP contribution in [0.2, 0.25) is 0 Å². The molecule has 15 heavy (non-hydrogen) atoms. The molecule has 0 radical (unpaired) electrons. The second-order valence-electron chi connectivity index (χ2n) is 3.48. The fraction of sp³-hybridized carbons (Fsp3) is 0.455. The molecule has 1 N–H and O–H groups in total. The number of nitrogens with one attached hydrogen (secondary N) is 1. The van der Waals surface area contributed by atoms with Gasteiger partial charge < -0.3 is 5.32 Å². The van der Waals surface area contributed by atoms with Gasteiger partial charge in [-0.05, 0) is 47.4 Å². The highest BCUT2D eigenvalue weighted by atomic mass is 79.9. The molecule has 0 spiro atoms. The molecule has 2 rings (SSSR count). The Bertz CT molecular complexity index is 430. The Morgan fingerprint density at radius 1 is 1.47 bits per heavy atom. The van der Waals surface area contributed by atoms with Crippen LogP contribution in [0.3, 0.4) is 0 Å². The average Bonchev–Trinajstić information content (AvgIpc) is 2.27. The third-order valence-corrected chi connectivity index (χ3v) is 3.10. The predicted molar refractivity (Wildman–Crippen MR) is 58.9 cm³/mol. The zero-order valence-corrected chi connectivity index (χ0v) is 9.52. The molecule has 1 heterocycles. The van der Waals surface area contributed by atoms with E-state index < -0.39 is 30.6 Å². The molecule has 0 aliphatic carbocycles. The summed E-state index contributed by atoms with van der Waals surface area (Å²) in [7, 11) is 0. The average molecular weight is 278 g/mol. The zero-order chi connectivity index (χ0) is 12.6. The molecule has 0 aromatic heterocycles. The number of piperidine rings is 1. The topological polar surface area (TPSA) is 12.0 Å². The molecule has 82 valence electrons. The fourth-order valence-corrected chi connectivity index (χ4v) is 2.07. The van der Waals surface area contributed by atoms with Crippen molar-refractivity contribution in [1.82, 2.24) is 5.32 Å². The molecule has 1 aliphatic heterocycles. The van der Waals surface area contributed by atoms with Gasteiger partial charge in [0.2, 0.25) is 0 Å². The van der Waals surface area contributed by atoms with Crippen LogP contribution in [-0.4, -0.2) is 13.0 Å². The van der Waals surface area contributed by atoms with Crippen molar-refractivity contribution in [3.63, 3.8) is 0 Å². The highest BCUT2D eigenvalue weighted by Crippen LogP contribution is 2.31. The van der Waals surface area contributed by atoms with E-state index in [2.05, 4.69) is 21.2 Å². The summed E-state index contributed by atoms with van der Waals surface area (Å²) in [6.45, 7) is -1.36. The summed E-state index contributed by atoms with van der Waals surface area (Å²) >= 11 is 3.02. The van der Waals surface area contributed by atoms with Crippen LogP contribution in [-0.2, 0) is 0 Å². The molecule has 0 bridgehead atoms. The molecule has 3 unspecified atom stereocenters. The van der Waals surface area contributed by atoms with Crippen LogP contribution >= 0.6 is 15.9 Å². The van der Waals surface area contributed by atoms with Crippen LogP contribution < -0.4 is 5.32 Å². The van der Waals surface area contributed by atoms with Gasteiger partial charge in [-0.3, -0.25) is 0 Å². The smallest absolute Gasteiger partial charge is 0.143 e. The van der Waals surface area contributed by atoms with Crippen molar-refractivity contribution in [3.8, 4) is 0 Å². The molecule has 3 atom stereocenters. The maximum absolute atomic E-state index is 13.9. The first-order valence-corrected chi connectivity index (χ1v) is 5.54. The Labute approximate surface area is 98.8 Å². The maximum atomic E-state index is 13.9. The minimum atomic E-state index is -0.843. The van der Waals surface area contributed by atoms with E-state index in [1.807, 2.05) is 0 Å². The second kappa shape index (κ2) is 4.58. The van der Waals surface area contributed by atoms with Crippen molar-refractivity contribution in [2.45, 2.75) is 18.8 Å². The van der Waals surface area contributed by atoms with Crippen molar-refractivity contribution in [1.29, 1.82) is 0 Å². The number of rotatable bonds is 1. The van der Waals surface area contributed by atoms with Gasteiger partial charge in [0.25, 0.3) is 0 Å². The van der Waals surface area contributed by atoms with Gasteiger partial charge in [0.1, 0.15) is 11.6 Å². The van der Waals surface area contributed by atoms with E-state index in [-0.39, 0.29) is 10.0 Å². The van der Waals surface area contributed by atoms with Crippen molar-refractivity contribution in [2.75, 3.05) is 13.0 Å². The summed E-state index contributed by atoms with van der Waals surface area (Å²) in [4.78, 5) is 0. The molecule has 1 aromatic rings. The Kier molecular flexibility index (Phi) is 2.64. The highest BCUT2D eigenvalue weighted by Gasteiger charge is 2.23. The molecular formula is C11H12BrF2N. The third kappa shape index (κ3) is 2.21. The van der Waals surface area contributed by atoms with Crippen molar-refractivity contribution in [3.05, 3.63) is 33.8 Å². The van der Waals surface area contributed by atoms with E-state index in [0.717, 1.165) is 0 Å². The lowest BCUT2D eigenvalue weighted by Gasteiger charge is -2.24. The minimum absolute atomic E-state index is 0.0567. The first-order valence-electron chi connectivity index (χ1n) is 5.90. The Balaban J connectivity index is 2.37. The van der Waals surface area contributed by atoms with Crippen LogP contribution in [0.25, 0.3) is 0 Å². The van der Waals surface area contributed by atoms with Gasteiger partial charge >= 0.3 is 0 Å². The molecule has 0 saturated carbocycles. The lowest BCUT2D eigenvalue weighted by Crippen LogP contribution is -2.29. The molecule has 1 saturated heterocycles. The Morgan fingerprint density at radius 2 is 2.27 bits per heavy atom. The van der Waals surface area contributed by atoms with E-state index in [9.17, 15) is 8.78 Å². The number of hydrogen-bond donors (Lipinski definition) is 1. The van der Waals surface area contributed by atoms with Gasteiger partial charge in [-0.2, -0.15) is 0 Å². The van der Waals surface area contributed by atoms with Crippen LogP contribution in [0.4, 0.5) is 8.78 Å². The summed E-state index contributed by atoms with van der Waals surface area (Å²) in [5.41, 5.74) is -0.0567. The monoisotopic (exact) mass is 277 g/mol. The van der Waals surface area contributed by atoms with E-state index in [1.165, 1.54) is 12.1 Å². The zero-order valence-electron chi connectivity index (χ0n) is 9.93. The van der Waals surface area contributed by atoms with Crippen molar-refractivity contribution in [2.24, 2.45) is 0 Å². The largest absolute Gasteiger partial charge is 0.316 e. The van der Waals surface area contributed by atoms with Gasteiger partial charge in [-0.25, -0.2) is 8.78 Å². The molecule has 4 heteroatoms. The first-order chi connectivity index (χ1) is 8.00. The first kappa shape index (κ1) is 8.65. The van der Waals surface area contributed by atoms with Crippen LogP contribution in [0.5, 0.6) is 0 Å². The van der Waals surface area contributed by atoms with Gasteiger partial charge in [-0.15, -0.1) is 0 Å². The van der Waals surface area contributed by atoms with Crippen molar-refractivity contribution < 1.29 is 11.5 Å². The van der Waals surface area contributed by atoms with E-state index in [4.69, 9.17) is 2.74 Å². The normalized spacial score (nSPS) is 33.4. The number of hydrogen-bond acceptors (Lipinski definition) is 1. The van der Waals surface area contributed by atoms with Gasteiger partial charge in [0.15, 0.2) is 0 Å². The van der Waals surface area contributed by atoms with Gasteiger partial charge in [0.05, 0.1) is 4.47 Å². The number of halogens is 3. The minimum Gasteiger partial charge on any atom is -0.316 e.